The number of hydrogen-bond acceptors (Lipinski definition) is 5. The molecule has 8 heteroatoms. The van der Waals surface area contributed by atoms with Crippen LogP contribution in [-0.4, -0.2) is 20.4 Å². The van der Waals surface area contributed by atoms with Gasteiger partial charge >= 0.3 is 0 Å². The summed E-state index contributed by atoms with van der Waals surface area (Å²) in [6, 6.07) is 9.36. The molecular formula is C18H21N3O4S. The van der Waals surface area contributed by atoms with E-state index in [1.807, 2.05) is 12.1 Å². The van der Waals surface area contributed by atoms with Crippen molar-refractivity contribution in [2.24, 2.45) is 0 Å². The fourth-order valence-electron chi connectivity index (χ4n) is 2.74. The number of fused-ring (bicyclic) bond motifs is 1. The Balaban J connectivity index is 1.85. The van der Waals surface area contributed by atoms with Crippen molar-refractivity contribution in [3.8, 4) is 0 Å². The van der Waals surface area contributed by atoms with Crippen molar-refractivity contribution in [3.63, 3.8) is 0 Å². The Morgan fingerprint density at radius 1 is 1.12 bits per heavy atom. The lowest BCUT2D eigenvalue weighted by Crippen LogP contribution is -2.30. The average Bonchev–Trinajstić information content (AvgIpc) is 3.00. The van der Waals surface area contributed by atoms with E-state index in [0.29, 0.717) is 18.9 Å². The molecule has 1 heterocycles. The highest BCUT2D eigenvalue weighted by atomic mass is 32.2. The van der Waals surface area contributed by atoms with Gasteiger partial charge in [0, 0.05) is 23.0 Å². The van der Waals surface area contributed by atoms with E-state index >= 15 is 0 Å². The zero-order chi connectivity index (χ0) is 18.9. The van der Waals surface area contributed by atoms with Crippen LogP contribution in [0.2, 0.25) is 0 Å². The minimum atomic E-state index is -3.75. The normalized spacial score (nSPS) is 13.7. The summed E-state index contributed by atoms with van der Waals surface area (Å²) >= 11 is 0. The number of amides is 1. The van der Waals surface area contributed by atoms with E-state index in [4.69, 9.17) is 10.5 Å². The van der Waals surface area contributed by atoms with Crippen molar-refractivity contribution in [2.45, 2.75) is 38.0 Å². The zero-order valence-electron chi connectivity index (χ0n) is 14.6. The number of benzene rings is 2. The number of carbonyl (C=O) groups excluding carboxylic acids is 1. The fraction of sp³-hybridized carbons (Fsp3) is 0.278. The van der Waals surface area contributed by atoms with Gasteiger partial charge in [0.1, 0.15) is 0 Å². The second-order valence-corrected chi connectivity index (χ2v) is 8.21. The number of nitrogens with one attached hydrogen (secondary N) is 2. The van der Waals surface area contributed by atoms with Crippen molar-refractivity contribution in [2.75, 3.05) is 11.1 Å². The molecule has 1 aliphatic heterocycles. The van der Waals surface area contributed by atoms with E-state index in [9.17, 15) is 13.2 Å². The topological polar surface area (TPSA) is 111 Å². The third kappa shape index (κ3) is 4.04. The number of nitrogen functional groups attached to an aromatic ring is 1. The molecule has 4 N–H and O–H groups in total. The monoisotopic (exact) mass is 375 g/mol. The molecule has 0 aromatic heterocycles. The van der Waals surface area contributed by atoms with Crippen LogP contribution in [0.1, 0.15) is 35.3 Å². The summed E-state index contributed by atoms with van der Waals surface area (Å²) < 4.78 is 32.5. The van der Waals surface area contributed by atoms with Crippen molar-refractivity contribution < 1.29 is 17.9 Å². The molecule has 0 radical (unpaired) electrons. The van der Waals surface area contributed by atoms with Gasteiger partial charge in [0.2, 0.25) is 10.0 Å². The summed E-state index contributed by atoms with van der Waals surface area (Å²) in [5, 5.41) is 2.77. The second kappa shape index (κ2) is 7.06. The molecule has 0 unspecified atom stereocenters. The predicted molar refractivity (Wildman–Crippen MR) is 99.2 cm³/mol. The predicted octanol–water partition coefficient (Wildman–Crippen LogP) is 2.24. The van der Waals surface area contributed by atoms with Crippen molar-refractivity contribution in [1.82, 2.24) is 4.72 Å². The molecule has 0 aliphatic carbocycles. The Hall–Kier alpha value is -2.42. The minimum Gasteiger partial charge on any atom is -0.399 e. The maximum atomic E-state index is 12.6. The van der Waals surface area contributed by atoms with Crippen LogP contribution in [0.25, 0.3) is 0 Å². The van der Waals surface area contributed by atoms with Gasteiger partial charge in [-0.15, -0.1) is 0 Å². The molecule has 1 aliphatic rings. The molecule has 7 nitrogen and oxygen atoms in total. The molecule has 0 saturated heterocycles. The van der Waals surface area contributed by atoms with E-state index < -0.39 is 15.9 Å². The second-order valence-electron chi connectivity index (χ2n) is 6.50. The smallest absolute Gasteiger partial charge is 0.255 e. The Morgan fingerprint density at radius 2 is 1.85 bits per heavy atom. The van der Waals surface area contributed by atoms with Crippen LogP contribution in [0.15, 0.2) is 41.3 Å². The van der Waals surface area contributed by atoms with Gasteiger partial charge in [0.15, 0.2) is 0 Å². The zero-order valence-corrected chi connectivity index (χ0v) is 15.4. The number of rotatable bonds is 5. The van der Waals surface area contributed by atoms with Gasteiger partial charge in [-0.1, -0.05) is 6.07 Å². The van der Waals surface area contributed by atoms with Crippen molar-refractivity contribution in [3.05, 3.63) is 53.1 Å². The van der Waals surface area contributed by atoms with E-state index in [1.54, 1.807) is 19.9 Å². The lowest BCUT2D eigenvalue weighted by Gasteiger charge is -2.12. The molecule has 26 heavy (non-hydrogen) atoms. The molecule has 3 rings (SSSR count). The number of hydrogen-bond donors (Lipinski definition) is 3. The summed E-state index contributed by atoms with van der Waals surface area (Å²) in [6.07, 6.45) is 0. The van der Waals surface area contributed by atoms with Crippen LogP contribution >= 0.6 is 0 Å². The number of anilines is 2. The van der Waals surface area contributed by atoms with Crippen LogP contribution in [0.3, 0.4) is 0 Å². The number of ether oxygens (including phenoxy) is 1. The third-order valence-corrected chi connectivity index (χ3v) is 5.51. The lowest BCUT2D eigenvalue weighted by atomic mass is 10.1. The Morgan fingerprint density at radius 3 is 2.58 bits per heavy atom. The largest absolute Gasteiger partial charge is 0.399 e. The SMILES string of the molecule is CC(C)NS(=O)(=O)c1cc(N)cc(C(=O)Nc2ccc3c(c2)COC3)c1. The van der Waals surface area contributed by atoms with E-state index in [-0.39, 0.29) is 22.2 Å². The first-order chi connectivity index (χ1) is 12.2. The van der Waals surface area contributed by atoms with Crippen LogP contribution in [-0.2, 0) is 28.0 Å². The summed E-state index contributed by atoms with van der Waals surface area (Å²) in [5.74, 6) is -0.433. The Labute approximate surface area is 152 Å². The maximum Gasteiger partial charge on any atom is 0.255 e. The molecule has 2 aromatic rings. The van der Waals surface area contributed by atoms with Crippen LogP contribution in [0, 0.1) is 0 Å². The highest BCUT2D eigenvalue weighted by Gasteiger charge is 2.19. The van der Waals surface area contributed by atoms with Gasteiger partial charge in [-0.05, 0) is 55.3 Å². The standard InChI is InChI=1S/C18H21N3O4S/c1-11(2)21-26(23,24)17-7-13(5-15(19)8-17)18(22)20-16-4-3-12-9-25-10-14(12)6-16/h3-8,11,21H,9-10,19H2,1-2H3,(H,20,22). The van der Waals surface area contributed by atoms with Crippen LogP contribution < -0.4 is 15.8 Å². The van der Waals surface area contributed by atoms with E-state index in [0.717, 1.165) is 11.1 Å². The molecular weight excluding hydrogens is 354 g/mol. The van der Waals surface area contributed by atoms with Gasteiger partial charge in [0.25, 0.3) is 5.91 Å². The summed E-state index contributed by atoms with van der Waals surface area (Å²) in [4.78, 5) is 12.5. The van der Waals surface area contributed by atoms with E-state index in [1.165, 1.54) is 18.2 Å². The van der Waals surface area contributed by atoms with Gasteiger partial charge in [-0.2, -0.15) is 0 Å². The van der Waals surface area contributed by atoms with Gasteiger partial charge in [-0.3, -0.25) is 4.79 Å². The molecule has 0 saturated carbocycles. The number of sulfonamides is 1. The van der Waals surface area contributed by atoms with Crippen LogP contribution in [0.5, 0.6) is 0 Å². The quantitative estimate of drug-likeness (QED) is 0.694. The summed E-state index contributed by atoms with van der Waals surface area (Å²) in [5.41, 5.74) is 8.92. The third-order valence-electron chi connectivity index (χ3n) is 3.87. The molecule has 0 bridgehead atoms. The maximum absolute atomic E-state index is 12.6. The van der Waals surface area contributed by atoms with Gasteiger partial charge in [0.05, 0.1) is 18.1 Å². The lowest BCUT2D eigenvalue weighted by molar-refractivity contribution is 0.102. The van der Waals surface area contributed by atoms with Gasteiger partial charge in [-0.25, -0.2) is 13.1 Å². The summed E-state index contributed by atoms with van der Waals surface area (Å²) in [7, 11) is -3.75. The first-order valence-corrected chi connectivity index (χ1v) is 9.67. The Kier molecular flexibility index (Phi) is 4.99. The number of nitrogens with two attached hydrogens (primary N) is 1. The fourth-order valence-corrected chi connectivity index (χ4v) is 4.07. The van der Waals surface area contributed by atoms with E-state index in [2.05, 4.69) is 10.0 Å². The molecule has 2 aromatic carbocycles. The molecule has 1 amide bonds. The van der Waals surface area contributed by atoms with Gasteiger partial charge < -0.3 is 15.8 Å². The first kappa shape index (κ1) is 18.4. The van der Waals surface area contributed by atoms with Crippen molar-refractivity contribution in [1.29, 1.82) is 0 Å². The Bertz CT molecular complexity index is 955. The molecule has 138 valence electrons. The molecule has 0 fully saturated rings. The highest BCUT2D eigenvalue weighted by molar-refractivity contribution is 7.89. The first-order valence-electron chi connectivity index (χ1n) is 8.18. The van der Waals surface area contributed by atoms with Crippen molar-refractivity contribution >= 4 is 27.3 Å². The molecule has 0 atom stereocenters. The minimum absolute atomic E-state index is 0.0429. The average molecular weight is 375 g/mol. The number of carbonyl (C=O) groups is 1. The molecule has 0 spiro atoms. The van der Waals surface area contributed by atoms with Crippen LogP contribution in [0.4, 0.5) is 11.4 Å². The summed E-state index contributed by atoms with van der Waals surface area (Å²) in [6.45, 7) is 4.52. The highest BCUT2D eigenvalue weighted by Crippen LogP contribution is 2.24.